The van der Waals surface area contributed by atoms with Gasteiger partial charge in [0.15, 0.2) is 16.3 Å². The Kier molecular flexibility index (Phi) is 5.53. The van der Waals surface area contributed by atoms with Gasteiger partial charge in [-0.1, -0.05) is 31.9 Å². The van der Waals surface area contributed by atoms with Gasteiger partial charge >= 0.3 is 5.97 Å². The Balaban J connectivity index is 2.71. The zero-order chi connectivity index (χ0) is 12.0. The third-order valence-electron chi connectivity index (χ3n) is 2.65. The van der Waals surface area contributed by atoms with Crippen molar-refractivity contribution in [2.45, 2.75) is 39.5 Å². The lowest BCUT2D eigenvalue weighted by molar-refractivity contribution is 0.0781. The summed E-state index contributed by atoms with van der Waals surface area (Å²) < 4.78 is 4.53. The average molecular weight is 285 g/mol. The molecule has 0 spiro atoms. The number of hydrogen-bond acceptors (Lipinski definition) is 2. The van der Waals surface area contributed by atoms with Crippen molar-refractivity contribution in [2.75, 3.05) is 0 Å². The second-order valence-electron chi connectivity index (χ2n) is 3.97. The second-order valence-corrected chi connectivity index (χ2v) is 4.29. The van der Waals surface area contributed by atoms with E-state index in [1.54, 1.807) is 0 Å². The van der Waals surface area contributed by atoms with E-state index >= 15 is 0 Å². The molecule has 0 aliphatic rings. The maximum atomic E-state index is 11.3. The molecule has 0 unspecified atom stereocenters. The fourth-order valence-corrected chi connectivity index (χ4v) is 1.91. The highest BCUT2D eigenvalue weighted by Gasteiger charge is 2.09. The van der Waals surface area contributed by atoms with E-state index in [1.165, 1.54) is 24.8 Å². The highest BCUT2D eigenvalue weighted by Crippen LogP contribution is 2.15. The lowest BCUT2D eigenvalue weighted by atomic mass is 10.0. The number of carbonyl (C=O) groups is 1. The highest BCUT2D eigenvalue weighted by molar-refractivity contribution is 9.06. The summed E-state index contributed by atoms with van der Waals surface area (Å²) >= 11 is 2.71. The maximum absolute atomic E-state index is 11.3. The molecule has 88 valence electrons. The molecule has 0 atom stereocenters. The number of halogens is 1. The standard InChI is InChI=1S/C13H17BrO2/c1-3-4-5-6-11-7-8-12(10(2)9-11)13(15)16-14/h7-9H,3-6H2,1-2H3. The number of unbranched alkanes of at least 4 members (excludes halogenated alkanes) is 2. The topological polar surface area (TPSA) is 26.3 Å². The smallest absolute Gasteiger partial charge is 0.349 e. The van der Waals surface area contributed by atoms with Crippen LogP contribution in [0.2, 0.25) is 0 Å². The van der Waals surface area contributed by atoms with Crippen molar-refractivity contribution in [1.29, 1.82) is 0 Å². The Labute approximate surface area is 105 Å². The molecule has 0 bridgehead atoms. The molecular formula is C13H17BrO2. The van der Waals surface area contributed by atoms with Gasteiger partial charge in [0.1, 0.15) is 0 Å². The molecule has 1 rings (SSSR count). The molecule has 0 saturated heterocycles. The van der Waals surface area contributed by atoms with Crippen molar-refractivity contribution in [3.63, 3.8) is 0 Å². The first-order chi connectivity index (χ1) is 7.69. The van der Waals surface area contributed by atoms with E-state index in [2.05, 4.69) is 33.1 Å². The second kappa shape index (κ2) is 6.69. The number of rotatable bonds is 5. The number of carbonyl (C=O) groups excluding carboxylic acids is 1. The molecule has 2 nitrogen and oxygen atoms in total. The van der Waals surface area contributed by atoms with E-state index < -0.39 is 0 Å². The van der Waals surface area contributed by atoms with Crippen LogP contribution in [-0.4, -0.2) is 5.97 Å². The van der Waals surface area contributed by atoms with Crippen LogP contribution in [0.3, 0.4) is 0 Å². The van der Waals surface area contributed by atoms with E-state index in [0.29, 0.717) is 5.56 Å². The van der Waals surface area contributed by atoms with Crippen molar-refractivity contribution >= 4 is 22.2 Å². The summed E-state index contributed by atoms with van der Waals surface area (Å²) in [4.78, 5) is 11.3. The Morgan fingerprint density at radius 3 is 2.69 bits per heavy atom. The molecule has 0 N–H and O–H groups in total. The predicted molar refractivity (Wildman–Crippen MR) is 68.8 cm³/mol. The van der Waals surface area contributed by atoms with Crippen LogP contribution >= 0.6 is 16.3 Å². The molecule has 1 aromatic carbocycles. The van der Waals surface area contributed by atoms with Crippen LogP contribution in [0.4, 0.5) is 0 Å². The van der Waals surface area contributed by atoms with Crippen LogP contribution in [-0.2, 0) is 10.2 Å². The van der Waals surface area contributed by atoms with Crippen LogP contribution < -0.4 is 0 Å². The summed E-state index contributed by atoms with van der Waals surface area (Å²) in [6.07, 6.45) is 4.77. The minimum atomic E-state index is -0.336. The van der Waals surface area contributed by atoms with Crippen molar-refractivity contribution in [2.24, 2.45) is 0 Å². The summed E-state index contributed by atoms with van der Waals surface area (Å²) in [5.74, 6) is -0.336. The van der Waals surface area contributed by atoms with Crippen LogP contribution in [0.25, 0.3) is 0 Å². The first kappa shape index (κ1) is 13.2. The lowest BCUT2D eigenvalue weighted by Crippen LogP contribution is -2.01. The monoisotopic (exact) mass is 284 g/mol. The van der Waals surface area contributed by atoms with Crippen molar-refractivity contribution < 1.29 is 8.62 Å². The Morgan fingerprint density at radius 1 is 1.38 bits per heavy atom. The normalized spacial score (nSPS) is 10.2. The lowest BCUT2D eigenvalue weighted by Gasteiger charge is -2.06. The van der Waals surface area contributed by atoms with Gasteiger partial charge in [0.25, 0.3) is 0 Å². The van der Waals surface area contributed by atoms with Gasteiger partial charge in [-0.2, -0.15) is 0 Å². The minimum Gasteiger partial charge on any atom is -0.380 e. The molecule has 0 heterocycles. The highest BCUT2D eigenvalue weighted by atomic mass is 79.9. The fraction of sp³-hybridized carbons (Fsp3) is 0.462. The molecule has 0 aliphatic carbocycles. The van der Waals surface area contributed by atoms with E-state index in [-0.39, 0.29) is 5.97 Å². The van der Waals surface area contributed by atoms with E-state index in [0.717, 1.165) is 12.0 Å². The summed E-state index contributed by atoms with van der Waals surface area (Å²) in [6.45, 7) is 4.13. The minimum absolute atomic E-state index is 0.336. The number of hydrogen-bond donors (Lipinski definition) is 0. The molecule has 0 fully saturated rings. The van der Waals surface area contributed by atoms with Crippen molar-refractivity contribution in [3.05, 3.63) is 34.9 Å². The van der Waals surface area contributed by atoms with Gasteiger partial charge in [-0.3, -0.25) is 0 Å². The van der Waals surface area contributed by atoms with Crippen molar-refractivity contribution in [3.8, 4) is 0 Å². The SMILES string of the molecule is CCCCCc1ccc(C(=O)OBr)c(C)c1. The van der Waals surface area contributed by atoms with E-state index in [4.69, 9.17) is 0 Å². The van der Waals surface area contributed by atoms with Gasteiger partial charge in [0.05, 0.1) is 5.56 Å². The van der Waals surface area contributed by atoms with Crippen LogP contribution in [0.1, 0.15) is 47.7 Å². The first-order valence-electron chi connectivity index (χ1n) is 5.61. The summed E-state index contributed by atoms with van der Waals surface area (Å²) in [5, 5.41) is 0. The largest absolute Gasteiger partial charge is 0.380 e. The van der Waals surface area contributed by atoms with Crippen molar-refractivity contribution in [1.82, 2.24) is 0 Å². The van der Waals surface area contributed by atoms with E-state index in [1.807, 2.05) is 19.1 Å². The van der Waals surface area contributed by atoms with Crippen LogP contribution in [0.15, 0.2) is 18.2 Å². The molecular weight excluding hydrogens is 268 g/mol. The molecule has 3 heteroatoms. The Morgan fingerprint density at radius 2 is 2.12 bits per heavy atom. The third-order valence-corrected chi connectivity index (χ3v) is 2.94. The van der Waals surface area contributed by atoms with Gasteiger partial charge in [-0.25, -0.2) is 4.79 Å². The number of benzene rings is 1. The molecule has 0 amide bonds. The first-order valence-corrected chi connectivity index (χ1v) is 6.26. The molecule has 16 heavy (non-hydrogen) atoms. The Hall–Kier alpha value is -0.830. The molecule has 0 aromatic heterocycles. The fourth-order valence-electron chi connectivity index (χ4n) is 1.73. The predicted octanol–water partition coefficient (Wildman–Crippen LogP) is 4.19. The van der Waals surface area contributed by atoms with Gasteiger partial charge in [-0.15, -0.1) is 0 Å². The molecule has 0 saturated carbocycles. The van der Waals surface area contributed by atoms with Gasteiger partial charge < -0.3 is 3.83 Å². The zero-order valence-corrected chi connectivity index (χ0v) is 11.3. The number of aryl methyl sites for hydroxylation is 2. The van der Waals surface area contributed by atoms with E-state index in [9.17, 15) is 4.79 Å². The molecule has 0 radical (unpaired) electrons. The maximum Gasteiger partial charge on any atom is 0.349 e. The average Bonchev–Trinajstić information content (AvgIpc) is 2.29. The Bertz CT molecular complexity index is 361. The summed E-state index contributed by atoms with van der Waals surface area (Å²) in [6, 6.07) is 5.90. The van der Waals surface area contributed by atoms with Gasteiger partial charge in [0.2, 0.25) is 0 Å². The zero-order valence-electron chi connectivity index (χ0n) is 9.75. The van der Waals surface area contributed by atoms with Crippen LogP contribution in [0.5, 0.6) is 0 Å². The van der Waals surface area contributed by atoms with Gasteiger partial charge in [0, 0.05) is 0 Å². The van der Waals surface area contributed by atoms with Crippen LogP contribution in [0, 0.1) is 6.92 Å². The summed E-state index contributed by atoms with van der Waals surface area (Å²) in [5.41, 5.74) is 2.88. The molecule has 0 aliphatic heterocycles. The quantitative estimate of drug-likeness (QED) is 0.758. The third kappa shape index (κ3) is 3.63. The molecule has 1 aromatic rings. The van der Waals surface area contributed by atoms with Gasteiger partial charge in [-0.05, 0) is 37.0 Å². The summed E-state index contributed by atoms with van der Waals surface area (Å²) in [7, 11) is 0.